The summed E-state index contributed by atoms with van der Waals surface area (Å²) >= 11 is 0. The van der Waals surface area contributed by atoms with Crippen LogP contribution in [0.5, 0.6) is 0 Å². The number of nitrogens with zero attached hydrogens (tertiary/aromatic N) is 1. The average Bonchev–Trinajstić information content (AvgIpc) is 3.11. The first-order valence-electron chi connectivity index (χ1n) is 10.9. The number of carbonyl (C=O) groups excluding carboxylic acids is 1. The maximum atomic E-state index is 11.5. The summed E-state index contributed by atoms with van der Waals surface area (Å²) in [4.78, 5) is 13.6. The van der Waals surface area contributed by atoms with Crippen molar-refractivity contribution >= 4 is 24.7 Å². The lowest BCUT2D eigenvalue weighted by Gasteiger charge is -2.43. The number of carbonyl (C=O) groups is 1. The van der Waals surface area contributed by atoms with Crippen LogP contribution >= 0.6 is 0 Å². The molecule has 6 heteroatoms. The lowest BCUT2D eigenvalue weighted by Crippen LogP contribution is -2.67. The van der Waals surface area contributed by atoms with E-state index in [1.165, 1.54) is 17.3 Å². The van der Waals surface area contributed by atoms with E-state index in [1.54, 1.807) is 0 Å². The molecule has 0 radical (unpaired) electrons. The van der Waals surface area contributed by atoms with Crippen molar-refractivity contribution in [1.29, 1.82) is 0 Å². The van der Waals surface area contributed by atoms with Gasteiger partial charge in [0.2, 0.25) is 6.29 Å². The Bertz CT molecular complexity index is 811. The van der Waals surface area contributed by atoms with Crippen LogP contribution < -0.4 is 10.4 Å². The van der Waals surface area contributed by atoms with Gasteiger partial charge in [0.15, 0.2) is 0 Å². The number of likely N-dealkylation sites (N-methyl/N-ethyl adjacent to an activating group) is 1. The predicted octanol–water partition coefficient (Wildman–Crippen LogP) is 3.17. The molecule has 3 atom stereocenters. The molecule has 0 amide bonds. The minimum Gasteiger partial charge on any atom is -0.434 e. The van der Waals surface area contributed by atoms with E-state index in [4.69, 9.17) is 13.9 Å². The maximum Gasteiger partial charge on any atom is 0.304 e. The van der Waals surface area contributed by atoms with Gasteiger partial charge in [-0.25, -0.2) is 0 Å². The van der Waals surface area contributed by atoms with Crippen molar-refractivity contribution in [1.82, 2.24) is 4.90 Å². The lowest BCUT2D eigenvalue weighted by atomic mass is 10.1. The van der Waals surface area contributed by atoms with Crippen LogP contribution in [-0.4, -0.2) is 58.3 Å². The van der Waals surface area contributed by atoms with E-state index in [2.05, 4.69) is 74.2 Å². The topological polar surface area (TPSA) is 48.0 Å². The molecule has 5 nitrogen and oxygen atoms in total. The van der Waals surface area contributed by atoms with Crippen molar-refractivity contribution in [2.24, 2.45) is 0 Å². The summed E-state index contributed by atoms with van der Waals surface area (Å²) in [6, 6.07) is 21.2. The van der Waals surface area contributed by atoms with E-state index in [9.17, 15) is 4.79 Å². The fourth-order valence-corrected chi connectivity index (χ4v) is 9.12. The molecule has 31 heavy (non-hydrogen) atoms. The van der Waals surface area contributed by atoms with Gasteiger partial charge in [-0.2, -0.15) is 0 Å². The fourth-order valence-electron chi connectivity index (χ4n) is 4.53. The molecule has 2 aromatic rings. The largest absolute Gasteiger partial charge is 0.434 e. The number of ether oxygens (including phenoxy) is 2. The number of hydrogen-bond acceptors (Lipinski definition) is 5. The SMILES string of the molecule is CC(=O)O[C@H]1O[C@@H](CO[Si](c2ccccc2)(c2ccccc2)C(C)(C)C)C[C@H]1N(C)C. The minimum absolute atomic E-state index is 0.0108. The molecule has 0 N–H and O–H groups in total. The van der Waals surface area contributed by atoms with Gasteiger partial charge in [-0.05, 0) is 35.9 Å². The highest BCUT2D eigenvalue weighted by Crippen LogP contribution is 2.37. The van der Waals surface area contributed by atoms with Crippen molar-refractivity contribution in [2.45, 2.75) is 57.6 Å². The van der Waals surface area contributed by atoms with Crippen molar-refractivity contribution in [2.75, 3.05) is 20.7 Å². The normalized spacial score (nSPS) is 22.0. The molecule has 1 aliphatic rings. The summed E-state index contributed by atoms with van der Waals surface area (Å²) in [5.41, 5.74) is 0. The third kappa shape index (κ3) is 5.09. The Kier molecular flexibility index (Phi) is 7.37. The molecule has 1 saturated heterocycles. The van der Waals surface area contributed by atoms with Gasteiger partial charge < -0.3 is 18.8 Å². The summed E-state index contributed by atoms with van der Waals surface area (Å²) < 4.78 is 18.6. The molecule has 0 bridgehead atoms. The zero-order valence-corrected chi connectivity index (χ0v) is 20.5. The van der Waals surface area contributed by atoms with Crippen molar-refractivity contribution in [3.05, 3.63) is 60.7 Å². The molecule has 168 valence electrons. The van der Waals surface area contributed by atoms with Crippen LogP contribution in [0.4, 0.5) is 0 Å². The Morgan fingerprint density at radius 3 is 1.97 bits per heavy atom. The third-order valence-electron chi connectivity index (χ3n) is 5.99. The molecule has 0 unspecified atom stereocenters. The highest BCUT2D eigenvalue weighted by molar-refractivity contribution is 6.99. The second-order valence-corrected chi connectivity index (χ2v) is 13.8. The van der Waals surface area contributed by atoms with Crippen LogP contribution in [0.3, 0.4) is 0 Å². The Hall–Kier alpha value is -1.99. The van der Waals surface area contributed by atoms with Gasteiger partial charge in [0.25, 0.3) is 8.32 Å². The average molecular weight is 442 g/mol. The van der Waals surface area contributed by atoms with Crippen molar-refractivity contribution in [3.63, 3.8) is 0 Å². The van der Waals surface area contributed by atoms with Crippen LogP contribution in [0.1, 0.15) is 34.1 Å². The Morgan fingerprint density at radius 2 is 1.55 bits per heavy atom. The van der Waals surface area contributed by atoms with E-state index in [0.717, 1.165) is 6.42 Å². The molecular formula is C25H35NO4Si. The molecule has 1 aliphatic heterocycles. The molecule has 3 rings (SSSR count). The number of hydrogen-bond donors (Lipinski definition) is 0. The van der Waals surface area contributed by atoms with Gasteiger partial charge in [0, 0.05) is 6.92 Å². The molecule has 0 aliphatic carbocycles. The second kappa shape index (κ2) is 9.65. The van der Waals surface area contributed by atoms with Crippen LogP contribution in [0.15, 0.2) is 60.7 Å². The van der Waals surface area contributed by atoms with Crippen LogP contribution in [0.25, 0.3) is 0 Å². The summed E-state index contributed by atoms with van der Waals surface area (Å²) in [6.45, 7) is 8.66. The zero-order chi connectivity index (χ0) is 22.6. The standard InChI is InChI=1S/C25H35NO4Si/c1-19(27)29-24-23(26(5)6)17-20(30-24)18-28-31(25(2,3)4,21-13-9-7-10-14-21)22-15-11-8-12-16-22/h7-16,20,23-24H,17-18H2,1-6H3/t20-,23-,24+/m1/s1. The monoisotopic (exact) mass is 441 g/mol. The zero-order valence-electron chi connectivity index (χ0n) is 19.5. The number of benzene rings is 2. The lowest BCUT2D eigenvalue weighted by molar-refractivity contribution is -0.181. The first kappa shape index (κ1) is 23.7. The van der Waals surface area contributed by atoms with Gasteiger partial charge >= 0.3 is 5.97 Å². The molecule has 1 fully saturated rings. The first-order chi connectivity index (χ1) is 14.6. The first-order valence-corrected chi connectivity index (χ1v) is 12.8. The number of esters is 1. The molecule has 0 aromatic heterocycles. The van der Waals surface area contributed by atoms with Crippen LogP contribution in [0.2, 0.25) is 5.04 Å². The molecule has 1 heterocycles. The third-order valence-corrected chi connectivity index (χ3v) is 11.0. The quantitative estimate of drug-likeness (QED) is 0.488. The fraction of sp³-hybridized carbons (Fsp3) is 0.480. The predicted molar refractivity (Wildman–Crippen MR) is 126 cm³/mol. The van der Waals surface area contributed by atoms with Gasteiger partial charge in [-0.3, -0.25) is 4.79 Å². The molecule has 0 saturated carbocycles. The summed E-state index contributed by atoms with van der Waals surface area (Å²) in [7, 11) is 1.34. The Balaban J connectivity index is 1.92. The Morgan fingerprint density at radius 1 is 1.03 bits per heavy atom. The van der Waals surface area contributed by atoms with E-state index in [0.29, 0.717) is 6.61 Å². The summed E-state index contributed by atoms with van der Waals surface area (Å²) in [5.74, 6) is -0.328. The molecule has 2 aromatic carbocycles. The van der Waals surface area contributed by atoms with Crippen molar-refractivity contribution < 1.29 is 18.7 Å². The molecular weight excluding hydrogens is 406 g/mol. The molecule has 0 spiro atoms. The second-order valence-electron chi connectivity index (χ2n) is 9.48. The van der Waals surface area contributed by atoms with Gasteiger partial charge in [-0.15, -0.1) is 0 Å². The van der Waals surface area contributed by atoms with Crippen molar-refractivity contribution in [3.8, 4) is 0 Å². The van der Waals surface area contributed by atoms with Crippen LogP contribution in [0, 0.1) is 0 Å². The number of rotatable bonds is 7. The summed E-state index contributed by atoms with van der Waals surface area (Å²) in [6.07, 6.45) is 0.0435. The highest BCUT2D eigenvalue weighted by Gasteiger charge is 2.51. The van der Waals surface area contributed by atoms with Crippen LogP contribution in [-0.2, 0) is 18.7 Å². The van der Waals surface area contributed by atoms with Gasteiger partial charge in [0.05, 0.1) is 18.8 Å². The van der Waals surface area contributed by atoms with E-state index < -0.39 is 14.6 Å². The summed E-state index contributed by atoms with van der Waals surface area (Å²) in [5, 5.41) is 2.39. The maximum absolute atomic E-state index is 11.5. The minimum atomic E-state index is -2.62. The Labute approximate surface area is 187 Å². The van der Waals surface area contributed by atoms with E-state index >= 15 is 0 Å². The van der Waals surface area contributed by atoms with Gasteiger partial charge in [0.1, 0.15) is 0 Å². The van der Waals surface area contributed by atoms with Gasteiger partial charge in [-0.1, -0.05) is 81.4 Å². The van der Waals surface area contributed by atoms with E-state index in [-0.39, 0.29) is 23.2 Å². The smallest absolute Gasteiger partial charge is 0.304 e. The highest BCUT2D eigenvalue weighted by atomic mass is 28.4. The van der Waals surface area contributed by atoms with E-state index in [1.807, 2.05) is 26.2 Å².